The summed E-state index contributed by atoms with van der Waals surface area (Å²) >= 11 is 0. The zero-order valence-electron chi connectivity index (χ0n) is 8.47. The van der Waals surface area contributed by atoms with E-state index in [0.717, 1.165) is 18.0 Å². The van der Waals surface area contributed by atoms with Crippen LogP contribution in [0.25, 0.3) is 11.4 Å². The van der Waals surface area contributed by atoms with Gasteiger partial charge in [0.25, 0.3) is 0 Å². The zero-order chi connectivity index (χ0) is 10.3. The molecule has 0 radical (unpaired) electrons. The summed E-state index contributed by atoms with van der Waals surface area (Å²) in [5, 5.41) is 7.96. The second kappa shape index (κ2) is 3.17. The molecule has 4 nitrogen and oxygen atoms in total. The molecule has 0 aliphatic carbocycles. The second-order valence-corrected chi connectivity index (χ2v) is 3.74. The van der Waals surface area contributed by atoms with Gasteiger partial charge < -0.3 is 9.30 Å². The van der Waals surface area contributed by atoms with E-state index in [4.69, 9.17) is 4.74 Å². The lowest BCUT2D eigenvalue weighted by Gasteiger charge is -2.02. The lowest BCUT2D eigenvalue weighted by Crippen LogP contribution is -1.92. The van der Waals surface area contributed by atoms with Crippen LogP contribution in [0.1, 0.15) is 11.1 Å². The first-order valence-corrected chi connectivity index (χ1v) is 4.88. The summed E-state index contributed by atoms with van der Waals surface area (Å²) in [6.07, 6.45) is 1.71. The minimum Gasteiger partial charge on any atom is -0.372 e. The van der Waals surface area contributed by atoms with E-state index in [0.29, 0.717) is 6.61 Å². The van der Waals surface area contributed by atoms with Crippen molar-refractivity contribution in [3.05, 3.63) is 35.7 Å². The molecule has 1 aromatic heterocycles. The number of rotatable bonds is 1. The number of fused-ring (bicyclic) bond motifs is 1. The summed E-state index contributed by atoms with van der Waals surface area (Å²) in [4.78, 5) is 0. The summed E-state index contributed by atoms with van der Waals surface area (Å²) in [6.45, 7) is 1.44. The third kappa shape index (κ3) is 1.34. The Kier molecular flexibility index (Phi) is 1.82. The van der Waals surface area contributed by atoms with E-state index in [1.807, 2.05) is 11.6 Å². The van der Waals surface area contributed by atoms with Crippen LogP contribution in [-0.4, -0.2) is 14.8 Å². The van der Waals surface area contributed by atoms with E-state index in [1.54, 1.807) is 6.33 Å². The van der Waals surface area contributed by atoms with Crippen LogP contribution in [-0.2, 0) is 25.0 Å². The highest BCUT2D eigenvalue weighted by atomic mass is 16.5. The predicted octanol–water partition coefficient (Wildman–Crippen LogP) is 1.51. The van der Waals surface area contributed by atoms with Crippen LogP contribution in [0, 0.1) is 0 Å². The molecule has 2 aromatic rings. The van der Waals surface area contributed by atoms with Crippen molar-refractivity contribution in [3.63, 3.8) is 0 Å². The second-order valence-electron chi connectivity index (χ2n) is 3.74. The molecule has 1 aromatic carbocycles. The number of ether oxygens (including phenoxy) is 1. The van der Waals surface area contributed by atoms with Crippen molar-refractivity contribution in [2.24, 2.45) is 7.05 Å². The molecule has 0 unspecified atom stereocenters. The number of benzene rings is 1. The molecule has 76 valence electrons. The lowest BCUT2D eigenvalue weighted by molar-refractivity contribution is 0.134. The Morgan fingerprint density at radius 3 is 2.93 bits per heavy atom. The highest BCUT2D eigenvalue weighted by Crippen LogP contribution is 2.25. The Labute approximate surface area is 87.5 Å². The lowest BCUT2D eigenvalue weighted by atomic mass is 10.1. The largest absolute Gasteiger partial charge is 0.372 e. The molecule has 2 heterocycles. The number of aromatic nitrogens is 3. The molecule has 0 saturated heterocycles. The maximum Gasteiger partial charge on any atom is 0.163 e. The first-order chi connectivity index (χ1) is 7.34. The molecule has 0 spiro atoms. The molecule has 1 aliphatic heterocycles. The Morgan fingerprint density at radius 2 is 2.13 bits per heavy atom. The third-order valence-electron chi connectivity index (χ3n) is 2.69. The summed E-state index contributed by atoms with van der Waals surface area (Å²) in [5.74, 6) is 0.893. The van der Waals surface area contributed by atoms with Gasteiger partial charge in [0.1, 0.15) is 6.33 Å². The monoisotopic (exact) mass is 201 g/mol. The van der Waals surface area contributed by atoms with Gasteiger partial charge >= 0.3 is 0 Å². The van der Waals surface area contributed by atoms with Crippen LogP contribution in [0.2, 0.25) is 0 Å². The van der Waals surface area contributed by atoms with E-state index in [1.165, 1.54) is 11.1 Å². The molecular formula is C11H11N3O. The smallest absolute Gasteiger partial charge is 0.163 e. The molecule has 15 heavy (non-hydrogen) atoms. The molecule has 4 heteroatoms. The van der Waals surface area contributed by atoms with Crippen LogP contribution < -0.4 is 0 Å². The van der Waals surface area contributed by atoms with Crippen molar-refractivity contribution in [2.45, 2.75) is 13.2 Å². The van der Waals surface area contributed by atoms with Gasteiger partial charge in [0.15, 0.2) is 5.82 Å². The van der Waals surface area contributed by atoms with Crippen LogP contribution >= 0.6 is 0 Å². The quantitative estimate of drug-likeness (QED) is 0.702. The Bertz CT molecular complexity index is 504. The van der Waals surface area contributed by atoms with Crippen LogP contribution in [0.4, 0.5) is 0 Å². The van der Waals surface area contributed by atoms with E-state index in [2.05, 4.69) is 28.4 Å². The van der Waals surface area contributed by atoms with Gasteiger partial charge in [-0.3, -0.25) is 0 Å². The Hall–Kier alpha value is -1.68. The fourth-order valence-electron chi connectivity index (χ4n) is 1.86. The van der Waals surface area contributed by atoms with Gasteiger partial charge in [-0.25, -0.2) is 0 Å². The Balaban J connectivity index is 2.11. The first kappa shape index (κ1) is 8.61. The number of aryl methyl sites for hydroxylation is 1. The van der Waals surface area contributed by atoms with Crippen LogP contribution in [0.3, 0.4) is 0 Å². The molecule has 0 N–H and O–H groups in total. The fraction of sp³-hybridized carbons (Fsp3) is 0.273. The van der Waals surface area contributed by atoms with Crippen molar-refractivity contribution in [2.75, 3.05) is 0 Å². The summed E-state index contributed by atoms with van der Waals surface area (Å²) in [6, 6.07) is 6.30. The van der Waals surface area contributed by atoms with Gasteiger partial charge in [0, 0.05) is 12.6 Å². The van der Waals surface area contributed by atoms with Gasteiger partial charge in [0.05, 0.1) is 13.2 Å². The maximum absolute atomic E-state index is 5.37. The SMILES string of the molecule is Cn1cnnc1-c1ccc2c(c1)COC2. The molecule has 0 fully saturated rings. The van der Waals surface area contributed by atoms with Crippen LogP contribution in [0.5, 0.6) is 0 Å². The minimum atomic E-state index is 0.709. The van der Waals surface area contributed by atoms with Crippen molar-refractivity contribution >= 4 is 0 Å². The summed E-state index contributed by atoms with van der Waals surface area (Å²) < 4.78 is 7.29. The van der Waals surface area contributed by atoms with Gasteiger partial charge in [-0.15, -0.1) is 10.2 Å². The van der Waals surface area contributed by atoms with E-state index in [-0.39, 0.29) is 0 Å². The fourth-order valence-corrected chi connectivity index (χ4v) is 1.86. The van der Waals surface area contributed by atoms with E-state index >= 15 is 0 Å². The van der Waals surface area contributed by atoms with E-state index < -0.39 is 0 Å². The zero-order valence-corrected chi connectivity index (χ0v) is 8.47. The highest BCUT2D eigenvalue weighted by Gasteiger charge is 2.13. The minimum absolute atomic E-state index is 0.709. The van der Waals surface area contributed by atoms with Crippen molar-refractivity contribution in [1.82, 2.24) is 14.8 Å². The number of hydrogen-bond acceptors (Lipinski definition) is 3. The van der Waals surface area contributed by atoms with Gasteiger partial charge in [-0.2, -0.15) is 0 Å². The van der Waals surface area contributed by atoms with Gasteiger partial charge in [-0.05, 0) is 17.2 Å². The van der Waals surface area contributed by atoms with Crippen molar-refractivity contribution in [1.29, 1.82) is 0 Å². The van der Waals surface area contributed by atoms with Crippen molar-refractivity contribution in [3.8, 4) is 11.4 Å². The normalized spacial score (nSPS) is 14.2. The van der Waals surface area contributed by atoms with E-state index in [9.17, 15) is 0 Å². The van der Waals surface area contributed by atoms with Gasteiger partial charge in [-0.1, -0.05) is 12.1 Å². The summed E-state index contributed by atoms with van der Waals surface area (Å²) in [5.41, 5.74) is 3.63. The Morgan fingerprint density at radius 1 is 1.27 bits per heavy atom. The molecule has 1 aliphatic rings. The molecule has 3 rings (SSSR count). The number of hydrogen-bond donors (Lipinski definition) is 0. The summed E-state index contributed by atoms with van der Waals surface area (Å²) in [7, 11) is 1.94. The van der Waals surface area contributed by atoms with Crippen LogP contribution in [0.15, 0.2) is 24.5 Å². The number of nitrogens with zero attached hydrogens (tertiary/aromatic N) is 3. The average molecular weight is 201 g/mol. The molecule has 0 atom stereocenters. The highest BCUT2D eigenvalue weighted by molar-refractivity contribution is 5.57. The molecule has 0 bridgehead atoms. The average Bonchev–Trinajstić information content (AvgIpc) is 2.84. The van der Waals surface area contributed by atoms with Gasteiger partial charge in [0.2, 0.25) is 0 Å². The third-order valence-corrected chi connectivity index (χ3v) is 2.69. The van der Waals surface area contributed by atoms with Crippen molar-refractivity contribution < 1.29 is 4.74 Å². The first-order valence-electron chi connectivity index (χ1n) is 4.88. The predicted molar refractivity (Wildman–Crippen MR) is 54.9 cm³/mol. The standard InChI is InChI=1S/C11H11N3O/c1-14-7-12-13-11(14)8-2-3-9-5-15-6-10(9)4-8/h2-4,7H,5-6H2,1H3. The maximum atomic E-state index is 5.37. The molecule has 0 saturated carbocycles. The molecular weight excluding hydrogens is 190 g/mol. The molecule has 0 amide bonds. The topological polar surface area (TPSA) is 39.9 Å².